The van der Waals surface area contributed by atoms with Crippen molar-refractivity contribution in [2.75, 3.05) is 0 Å². The van der Waals surface area contributed by atoms with Crippen molar-refractivity contribution in [1.29, 1.82) is 0 Å². The standard InChI is InChI=1S/C60H49NO14/c61-46-33-47(62)57(51(66)72-36-42-23-11-3-12-24-42)58(48(46)63,52(67)73-37-43-25-13-4-14-26-43)60(54(69)75-39-45-29-17-6-18-30-45)56(50(65)71-35-41-21-9-2-10-22-41)32-31-55(56,49(64)70-34-40-19-7-1-8-20-40)59(57,60)53(68)74-38-44-27-15-5-16-28-44/h1-30,33H,31-32,34-39,61H2. The van der Waals surface area contributed by atoms with E-state index in [1.807, 2.05) is 0 Å². The lowest BCUT2D eigenvalue weighted by Crippen LogP contribution is -3.09. The first-order valence-electron chi connectivity index (χ1n) is 24.2. The van der Waals surface area contributed by atoms with E-state index in [2.05, 4.69) is 0 Å². The molecule has 4 aliphatic rings. The second-order valence-electron chi connectivity index (χ2n) is 19.0. The van der Waals surface area contributed by atoms with E-state index in [0.717, 1.165) is 0 Å². The Kier molecular flexibility index (Phi) is 12.9. The molecule has 378 valence electrons. The van der Waals surface area contributed by atoms with Crippen molar-refractivity contribution in [2.45, 2.75) is 52.5 Å². The van der Waals surface area contributed by atoms with Crippen LogP contribution in [0, 0.1) is 32.5 Å². The van der Waals surface area contributed by atoms with Gasteiger partial charge in [-0.2, -0.15) is 0 Å². The van der Waals surface area contributed by atoms with Crippen molar-refractivity contribution >= 4 is 47.4 Å². The number of ether oxygens (including phenoxy) is 6. The summed E-state index contributed by atoms with van der Waals surface area (Å²) in [6, 6.07) is 49.3. The van der Waals surface area contributed by atoms with Crippen LogP contribution < -0.4 is 5.73 Å². The molecule has 3 saturated carbocycles. The van der Waals surface area contributed by atoms with E-state index in [-0.39, 0.29) is 0 Å². The zero-order valence-corrected chi connectivity index (χ0v) is 40.3. The molecule has 4 aliphatic carbocycles. The summed E-state index contributed by atoms with van der Waals surface area (Å²) in [7, 11) is 0. The molecule has 0 amide bonds. The molecule has 0 bridgehead atoms. The lowest BCUT2D eigenvalue weighted by molar-refractivity contribution is -0.468. The van der Waals surface area contributed by atoms with Crippen LogP contribution in [0.25, 0.3) is 0 Å². The molecule has 10 rings (SSSR count). The van der Waals surface area contributed by atoms with E-state index in [0.29, 0.717) is 39.5 Å². The highest BCUT2D eigenvalue weighted by Gasteiger charge is 3.21. The summed E-state index contributed by atoms with van der Waals surface area (Å²) in [5.74, 6) is -12.4. The second-order valence-corrected chi connectivity index (χ2v) is 19.0. The van der Waals surface area contributed by atoms with Crippen LogP contribution in [-0.4, -0.2) is 47.4 Å². The molecule has 15 heteroatoms. The highest BCUT2D eigenvalue weighted by Crippen LogP contribution is 3.04. The predicted molar refractivity (Wildman–Crippen MR) is 264 cm³/mol. The molecule has 0 aromatic heterocycles. The Bertz CT molecular complexity index is 3250. The number of hydrogen-bond acceptors (Lipinski definition) is 15. The van der Waals surface area contributed by atoms with E-state index in [4.69, 9.17) is 34.2 Å². The van der Waals surface area contributed by atoms with Crippen molar-refractivity contribution in [1.82, 2.24) is 0 Å². The van der Waals surface area contributed by atoms with Crippen LogP contribution in [-0.2, 0) is 106 Å². The van der Waals surface area contributed by atoms with Crippen molar-refractivity contribution in [3.63, 3.8) is 0 Å². The molecule has 0 radical (unpaired) electrons. The van der Waals surface area contributed by atoms with Gasteiger partial charge in [-0.1, -0.05) is 182 Å². The number of carbonyl (C=O) groups excluding carboxylic acids is 8. The first-order valence-corrected chi connectivity index (χ1v) is 24.2. The lowest BCUT2D eigenvalue weighted by atomic mass is 9.00. The van der Waals surface area contributed by atoms with Gasteiger partial charge in [0.05, 0.1) is 5.70 Å². The molecule has 0 spiro atoms. The maximum absolute atomic E-state index is 16.6. The third-order valence-corrected chi connectivity index (χ3v) is 15.6. The minimum Gasteiger partial charge on any atom is -0.460 e. The number of ketones is 2. The molecule has 6 atom stereocenters. The maximum Gasteiger partial charge on any atom is 0.323 e. The quantitative estimate of drug-likeness (QED) is 0.0512. The minimum atomic E-state index is -3.67. The van der Waals surface area contributed by atoms with Crippen molar-refractivity contribution in [3.05, 3.63) is 227 Å². The van der Waals surface area contributed by atoms with E-state index in [9.17, 15) is 0 Å². The van der Waals surface area contributed by atoms with Crippen LogP contribution in [0.3, 0.4) is 0 Å². The first kappa shape index (κ1) is 49.6. The molecular formula is C60H49NO14. The highest BCUT2D eigenvalue weighted by molar-refractivity contribution is 6.38. The van der Waals surface area contributed by atoms with Gasteiger partial charge in [0, 0.05) is 6.08 Å². The SMILES string of the molecule is NC1=CC(=O)C2(C(=O)OCc3ccccc3)C(C(=O)OCc3ccccc3)(C1=O)C1(C(=O)OCc3ccccc3)C3(C(=O)OCc4ccccc4)CCC3(C(=O)OCc3ccccc3)C21C(=O)OCc1ccccc1. The van der Waals surface area contributed by atoms with E-state index in [1.54, 1.807) is 182 Å². The van der Waals surface area contributed by atoms with Gasteiger partial charge in [0.25, 0.3) is 0 Å². The van der Waals surface area contributed by atoms with Crippen LogP contribution in [0.5, 0.6) is 0 Å². The number of carbonyl (C=O) groups is 8. The van der Waals surface area contributed by atoms with Gasteiger partial charge in [0.15, 0.2) is 22.4 Å². The average Bonchev–Trinajstić information content (AvgIpc) is 2.21. The van der Waals surface area contributed by atoms with Gasteiger partial charge >= 0.3 is 35.8 Å². The third-order valence-electron chi connectivity index (χ3n) is 15.6. The normalized spacial score (nSPS) is 25.6. The Morgan fingerprint density at radius 1 is 0.347 bits per heavy atom. The van der Waals surface area contributed by atoms with E-state index >= 15 is 38.4 Å². The van der Waals surface area contributed by atoms with Gasteiger partial charge in [-0.25, -0.2) is 0 Å². The number of allylic oxidation sites excluding steroid dienone is 2. The number of nitrogens with two attached hydrogens (primary N) is 1. The van der Waals surface area contributed by atoms with Crippen molar-refractivity contribution in [3.8, 4) is 0 Å². The number of benzene rings is 6. The average molecular weight is 1010 g/mol. The summed E-state index contributed by atoms with van der Waals surface area (Å²) >= 11 is 0. The van der Waals surface area contributed by atoms with Crippen LogP contribution in [0.15, 0.2) is 194 Å². The van der Waals surface area contributed by atoms with Gasteiger partial charge in [-0.15, -0.1) is 0 Å². The van der Waals surface area contributed by atoms with Crippen LogP contribution in [0.1, 0.15) is 46.2 Å². The fraction of sp³-hybridized carbons (Fsp3) is 0.233. The number of esters is 6. The molecule has 6 aromatic carbocycles. The largest absolute Gasteiger partial charge is 0.460 e. The van der Waals surface area contributed by atoms with E-state index < -0.39 is 138 Å². The van der Waals surface area contributed by atoms with E-state index in [1.165, 1.54) is 0 Å². The molecule has 0 heterocycles. The lowest BCUT2D eigenvalue weighted by Gasteiger charge is -2.92. The summed E-state index contributed by atoms with van der Waals surface area (Å²) in [5, 5.41) is 0. The fourth-order valence-electron chi connectivity index (χ4n) is 12.8. The maximum atomic E-state index is 16.6. The molecule has 75 heavy (non-hydrogen) atoms. The minimum absolute atomic E-state index is 0.347. The van der Waals surface area contributed by atoms with Gasteiger partial charge in [-0.3, -0.25) is 38.4 Å². The number of fused-ring (bicyclic) bond motifs is 7. The smallest absolute Gasteiger partial charge is 0.323 e. The second kappa shape index (κ2) is 19.5. The topological polar surface area (TPSA) is 218 Å². The van der Waals surface area contributed by atoms with Crippen LogP contribution in [0.4, 0.5) is 0 Å². The highest BCUT2D eigenvalue weighted by atomic mass is 16.6. The number of Topliss-reactive ketones (excluding diaryl/α,β-unsaturated/α-hetero) is 1. The summed E-state index contributed by atoms with van der Waals surface area (Å²) in [6.45, 7) is -3.50. The molecule has 6 unspecified atom stereocenters. The Balaban J connectivity index is 1.30. The summed E-state index contributed by atoms with van der Waals surface area (Å²) in [6.07, 6.45) is -0.586. The zero-order chi connectivity index (χ0) is 52.5. The molecule has 15 nitrogen and oxygen atoms in total. The molecule has 0 aliphatic heterocycles. The third kappa shape index (κ3) is 6.79. The molecule has 3 fully saturated rings. The predicted octanol–water partition coefficient (Wildman–Crippen LogP) is 7.18. The van der Waals surface area contributed by atoms with Gasteiger partial charge in [0.1, 0.15) is 61.3 Å². The Hall–Kier alpha value is -8.98. The number of hydrogen-bond donors (Lipinski definition) is 1. The van der Waals surface area contributed by atoms with Crippen LogP contribution in [0.2, 0.25) is 0 Å². The fourth-order valence-corrected chi connectivity index (χ4v) is 12.8. The Morgan fingerprint density at radius 3 is 0.867 bits per heavy atom. The first-order chi connectivity index (χ1) is 36.4. The Labute approximate surface area is 430 Å². The summed E-state index contributed by atoms with van der Waals surface area (Å²) in [4.78, 5) is 130. The van der Waals surface area contributed by atoms with Crippen LogP contribution >= 0.6 is 0 Å². The molecule has 0 saturated heterocycles. The number of rotatable bonds is 18. The van der Waals surface area contributed by atoms with Crippen molar-refractivity contribution < 1.29 is 66.8 Å². The van der Waals surface area contributed by atoms with Gasteiger partial charge < -0.3 is 34.2 Å². The molecule has 2 N–H and O–H groups in total. The molecular weight excluding hydrogens is 959 g/mol. The Morgan fingerprint density at radius 2 is 0.587 bits per heavy atom. The monoisotopic (exact) mass is 1010 g/mol. The van der Waals surface area contributed by atoms with Crippen molar-refractivity contribution in [2.24, 2.45) is 38.2 Å². The van der Waals surface area contributed by atoms with Gasteiger partial charge in [-0.05, 0) is 46.2 Å². The zero-order valence-electron chi connectivity index (χ0n) is 40.3. The molecule has 6 aromatic rings. The van der Waals surface area contributed by atoms with Gasteiger partial charge in [0.2, 0.25) is 0 Å². The summed E-state index contributed by atoms with van der Waals surface area (Å²) < 4.78 is 36.8. The summed E-state index contributed by atoms with van der Waals surface area (Å²) in [5.41, 5.74) is -12.0.